The Hall–Kier alpha value is -0.730. The van der Waals surface area contributed by atoms with Crippen LogP contribution in [-0.4, -0.2) is 37.6 Å². The van der Waals surface area contributed by atoms with Crippen molar-refractivity contribution >= 4 is 59.0 Å². The van der Waals surface area contributed by atoms with Crippen LogP contribution in [0.3, 0.4) is 0 Å². The number of aromatic nitrogens is 1. The van der Waals surface area contributed by atoms with Crippen LogP contribution in [0.4, 0.5) is 5.82 Å². The molecule has 0 fully saturated rings. The first-order chi connectivity index (χ1) is 9.17. The van der Waals surface area contributed by atoms with Crippen LogP contribution < -0.4 is 16.0 Å². The molecule has 1 aromatic rings. The lowest BCUT2D eigenvalue weighted by Crippen LogP contribution is -2.39. The lowest BCUT2D eigenvalue weighted by atomic mass is 10.4. The second-order valence-corrected chi connectivity index (χ2v) is 4.42. The van der Waals surface area contributed by atoms with Crippen molar-refractivity contribution in [3.05, 3.63) is 35.0 Å². The number of rotatable bonds is 6. The van der Waals surface area contributed by atoms with E-state index in [2.05, 4.69) is 32.5 Å². The highest BCUT2D eigenvalue weighted by molar-refractivity contribution is 14.0. The standard InChI is InChI=1S/C12H17Cl2N5.HI/c1-3-4-17-12(15-2)18-6-5-16-11-10(14)7-9(13)8-19-11;/h3,7-8H,1,4-6H2,2H3,(H,16,19)(H2,15,17,18);1H. The van der Waals surface area contributed by atoms with Gasteiger partial charge >= 0.3 is 0 Å². The molecule has 0 radical (unpaired) electrons. The fourth-order valence-electron chi connectivity index (χ4n) is 1.30. The predicted octanol–water partition coefficient (Wildman–Crippen LogP) is 2.77. The Labute approximate surface area is 146 Å². The molecular weight excluding hydrogens is 412 g/mol. The molecule has 1 aromatic heterocycles. The zero-order valence-electron chi connectivity index (χ0n) is 11.1. The lowest BCUT2D eigenvalue weighted by molar-refractivity contribution is 0.847. The molecule has 0 aliphatic heterocycles. The van der Waals surface area contributed by atoms with Crippen LogP contribution in [0.25, 0.3) is 0 Å². The lowest BCUT2D eigenvalue weighted by Gasteiger charge is -2.11. The van der Waals surface area contributed by atoms with Gasteiger partial charge in [0, 0.05) is 32.9 Å². The Bertz CT molecular complexity index is 453. The highest BCUT2D eigenvalue weighted by Crippen LogP contribution is 2.21. The summed E-state index contributed by atoms with van der Waals surface area (Å²) < 4.78 is 0. The number of nitrogens with zero attached hydrogens (tertiary/aromatic N) is 2. The van der Waals surface area contributed by atoms with E-state index in [1.807, 2.05) is 0 Å². The maximum absolute atomic E-state index is 5.99. The van der Waals surface area contributed by atoms with Gasteiger partial charge in [-0.3, -0.25) is 4.99 Å². The fraction of sp³-hybridized carbons (Fsp3) is 0.333. The second kappa shape index (κ2) is 11.0. The van der Waals surface area contributed by atoms with Crippen molar-refractivity contribution in [2.24, 2.45) is 4.99 Å². The molecule has 1 heterocycles. The number of pyridine rings is 1. The average Bonchev–Trinajstić information content (AvgIpc) is 2.40. The van der Waals surface area contributed by atoms with Gasteiger partial charge < -0.3 is 16.0 Å². The Balaban J connectivity index is 0.00000361. The van der Waals surface area contributed by atoms with E-state index in [0.717, 1.165) is 5.96 Å². The zero-order valence-corrected chi connectivity index (χ0v) is 15.0. The Kier molecular flexibility index (Phi) is 10.6. The van der Waals surface area contributed by atoms with Gasteiger partial charge in [-0.2, -0.15) is 0 Å². The molecule has 0 unspecified atom stereocenters. The van der Waals surface area contributed by atoms with E-state index in [1.54, 1.807) is 25.4 Å². The Morgan fingerprint density at radius 1 is 1.40 bits per heavy atom. The number of halogens is 3. The minimum atomic E-state index is 0. The van der Waals surface area contributed by atoms with Crippen molar-refractivity contribution in [2.45, 2.75) is 0 Å². The van der Waals surface area contributed by atoms with Crippen LogP contribution in [0.5, 0.6) is 0 Å². The first kappa shape index (κ1) is 19.3. The number of hydrogen-bond donors (Lipinski definition) is 3. The van der Waals surface area contributed by atoms with Crippen molar-refractivity contribution in [3.8, 4) is 0 Å². The van der Waals surface area contributed by atoms with Crippen molar-refractivity contribution < 1.29 is 0 Å². The van der Waals surface area contributed by atoms with E-state index < -0.39 is 0 Å². The van der Waals surface area contributed by atoms with Gasteiger partial charge in [0.15, 0.2) is 5.96 Å². The monoisotopic (exact) mass is 429 g/mol. The Morgan fingerprint density at radius 3 is 2.75 bits per heavy atom. The molecule has 0 aliphatic rings. The van der Waals surface area contributed by atoms with Crippen molar-refractivity contribution in [1.29, 1.82) is 0 Å². The summed E-state index contributed by atoms with van der Waals surface area (Å²) in [6, 6.07) is 1.65. The van der Waals surface area contributed by atoms with Gasteiger partial charge in [-0.25, -0.2) is 4.98 Å². The van der Waals surface area contributed by atoms with E-state index in [-0.39, 0.29) is 24.0 Å². The fourth-order valence-corrected chi connectivity index (χ4v) is 1.74. The van der Waals surface area contributed by atoms with Gasteiger partial charge in [0.25, 0.3) is 0 Å². The van der Waals surface area contributed by atoms with Crippen molar-refractivity contribution in [1.82, 2.24) is 15.6 Å². The summed E-state index contributed by atoms with van der Waals surface area (Å²) in [6.07, 6.45) is 3.32. The van der Waals surface area contributed by atoms with E-state index in [4.69, 9.17) is 23.2 Å². The summed E-state index contributed by atoms with van der Waals surface area (Å²) >= 11 is 11.8. The minimum absolute atomic E-state index is 0. The number of anilines is 1. The maximum Gasteiger partial charge on any atom is 0.191 e. The SMILES string of the molecule is C=CCNC(=NC)NCCNc1ncc(Cl)cc1Cl.I. The largest absolute Gasteiger partial charge is 0.367 e. The van der Waals surface area contributed by atoms with Crippen LogP contribution in [0, 0.1) is 0 Å². The molecule has 112 valence electrons. The zero-order chi connectivity index (χ0) is 14.1. The van der Waals surface area contributed by atoms with Crippen LogP contribution in [0.2, 0.25) is 10.0 Å². The number of guanidine groups is 1. The smallest absolute Gasteiger partial charge is 0.191 e. The van der Waals surface area contributed by atoms with Gasteiger partial charge in [0.05, 0.1) is 10.0 Å². The molecule has 20 heavy (non-hydrogen) atoms. The average molecular weight is 430 g/mol. The van der Waals surface area contributed by atoms with Crippen LogP contribution in [0.15, 0.2) is 29.9 Å². The number of nitrogens with one attached hydrogen (secondary N) is 3. The minimum Gasteiger partial charge on any atom is -0.367 e. The van der Waals surface area contributed by atoms with Crippen molar-refractivity contribution in [3.63, 3.8) is 0 Å². The molecule has 3 N–H and O–H groups in total. The van der Waals surface area contributed by atoms with Crippen LogP contribution >= 0.6 is 47.2 Å². The predicted molar refractivity (Wildman–Crippen MR) is 97.7 cm³/mol. The molecule has 0 aliphatic carbocycles. The molecule has 0 bridgehead atoms. The molecule has 5 nitrogen and oxygen atoms in total. The summed E-state index contributed by atoms with van der Waals surface area (Å²) in [5, 5.41) is 10.3. The molecule has 0 spiro atoms. The molecule has 8 heteroatoms. The van der Waals surface area contributed by atoms with E-state index in [0.29, 0.717) is 35.5 Å². The van der Waals surface area contributed by atoms with Crippen LogP contribution in [-0.2, 0) is 0 Å². The topological polar surface area (TPSA) is 61.3 Å². The summed E-state index contributed by atoms with van der Waals surface area (Å²) in [6.45, 7) is 5.63. The van der Waals surface area contributed by atoms with Gasteiger partial charge in [0.1, 0.15) is 5.82 Å². The number of hydrogen-bond acceptors (Lipinski definition) is 3. The van der Waals surface area contributed by atoms with Gasteiger partial charge in [-0.1, -0.05) is 29.3 Å². The van der Waals surface area contributed by atoms with Gasteiger partial charge in [0.2, 0.25) is 0 Å². The molecular formula is C12H18Cl2IN5. The van der Waals surface area contributed by atoms with Crippen molar-refractivity contribution in [2.75, 3.05) is 32.0 Å². The molecule has 0 amide bonds. The molecule has 1 rings (SSSR count). The highest BCUT2D eigenvalue weighted by Gasteiger charge is 2.02. The summed E-state index contributed by atoms with van der Waals surface area (Å²) in [5.41, 5.74) is 0. The molecule has 0 atom stereocenters. The third-order valence-corrected chi connectivity index (χ3v) is 2.65. The maximum atomic E-state index is 5.99. The van der Waals surface area contributed by atoms with Crippen LogP contribution in [0.1, 0.15) is 0 Å². The first-order valence-electron chi connectivity index (χ1n) is 5.77. The molecule has 0 saturated carbocycles. The quantitative estimate of drug-likeness (QED) is 0.214. The van der Waals surface area contributed by atoms with E-state index in [1.165, 1.54) is 0 Å². The van der Waals surface area contributed by atoms with E-state index >= 15 is 0 Å². The first-order valence-corrected chi connectivity index (χ1v) is 6.53. The van der Waals surface area contributed by atoms with Gasteiger partial charge in [-0.05, 0) is 6.07 Å². The molecule has 0 aromatic carbocycles. The summed E-state index contributed by atoms with van der Waals surface area (Å²) in [7, 11) is 1.71. The third kappa shape index (κ3) is 7.16. The number of aliphatic imine (C=N–C) groups is 1. The van der Waals surface area contributed by atoms with E-state index in [9.17, 15) is 0 Å². The summed E-state index contributed by atoms with van der Waals surface area (Å²) in [5.74, 6) is 1.33. The third-order valence-electron chi connectivity index (χ3n) is 2.16. The highest BCUT2D eigenvalue weighted by atomic mass is 127. The van der Waals surface area contributed by atoms with Gasteiger partial charge in [-0.15, -0.1) is 30.6 Å². The second-order valence-electron chi connectivity index (χ2n) is 3.58. The normalized spacial score (nSPS) is 10.4. The Morgan fingerprint density at radius 2 is 2.15 bits per heavy atom. The molecule has 0 saturated heterocycles. The summed E-state index contributed by atoms with van der Waals surface area (Å²) in [4.78, 5) is 8.16.